The van der Waals surface area contributed by atoms with Gasteiger partial charge in [-0.15, -0.1) is 0 Å². The van der Waals surface area contributed by atoms with Crippen LogP contribution in [0.4, 0.5) is 0 Å². The van der Waals surface area contributed by atoms with Crippen LogP contribution in [-0.4, -0.2) is 35.5 Å². The second-order valence-electron chi connectivity index (χ2n) is 4.27. The molecule has 2 bridgehead atoms. The van der Waals surface area contributed by atoms with Crippen molar-refractivity contribution in [2.45, 2.75) is 18.6 Å². The van der Waals surface area contributed by atoms with Gasteiger partial charge in [0.05, 0.1) is 6.54 Å². The van der Waals surface area contributed by atoms with Crippen LogP contribution in [0, 0.1) is 0 Å². The molecule has 2 atom stereocenters. The molecule has 2 heterocycles. The predicted molar refractivity (Wildman–Crippen MR) is 60.8 cm³/mol. The number of esters is 1. The molecule has 88 valence electrons. The van der Waals surface area contributed by atoms with Crippen LogP contribution < -0.4 is 0 Å². The van der Waals surface area contributed by atoms with Crippen LogP contribution >= 0.6 is 11.6 Å². The van der Waals surface area contributed by atoms with Gasteiger partial charge >= 0.3 is 5.97 Å². The molecule has 1 aromatic carbocycles. The van der Waals surface area contributed by atoms with Crippen molar-refractivity contribution in [1.82, 2.24) is 4.90 Å². The molecule has 2 saturated heterocycles. The lowest BCUT2D eigenvalue weighted by Gasteiger charge is -2.25. The Morgan fingerprint density at radius 2 is 2.06 bits per heavy atom. The zero-order valence-corrected chi connectivity index (χ0v) is 9.68. The maximum Gasteiger partial charge on any atom is 0.329 e. The van der Waals surface area contributed by atoms with Crippen LogP contribution in [0.1, 0.15) is 16.8 Å². The first-order chi connectivity index (χ1) is 8.15. The van der Waals surface area contributed by atoms with E-state index < -0.39 is 6.04 Å². The van der Waals surface area contributed by atoms with E-state index in [4.69, 9.17) is 16.3 Å². The third-order valence-corrected chi connectivity index (χ3v) is 3.42. The van der Waals surface area contributed by atoms with E-state index >= 15 is 0 Å². The highest BCUT2D eigenvalue weighted by molar-refractivity contribution is 6.30. The number of carbonyl (C=O) groups excluding carboxylic acids is 2. The number of ether oxygens (including phenoxy) is 1. The monoisotopic (exact) mass is 251 g/mol. The fraction of sp³-hybridized carbons (Fsp3) is 0.333. The molecule has 0 radical (unpaired) electrons. The van der Waals surface area contributed by atoms with Gasteiger partial charge in [-0.3, -0.25) is 4.79 Å². The van der Waals surface area contributed by atoms with Gasteiger partial charge in [0.25, 0.3) is 5.91 Å². The summed E-state index contributed by atoms with van der Waals surface area (Å²) in [5.74, 6) is -0.422. The van der Waals surface area contributed by atoms with E-state index in [9.17, 15) is 9.59 Å². The molecule has 0 spiro atoms. The lowest BCUT2D eigenvalue weighted by molar-refractivity contribution is -0.149. The number of hydrogen-bond donors (Lipinski definition) is 0. The van der Waals surface area contributed by atoms with Crippen molar-refractivity contribution >= 4 is 23.5 Å². The Morgan fingerprint density at radius 3 is 2.65 bits per heavy atom. The van der Waals surface area contributed by atoms with E-state index in [1.165, 1.54) is 0 Å². The molecular formula is C12H10ClNO3. The number of carbonyl (C=O) groups is 2. The second-order valence-corrected chi connectivity index (χ2v) is 4.71. The van der Waals surface area contributed by atoms with Gasteiger partial charge in [-0.05, 0) is 24.3 Å². The molecule has 0 saturated carbocycles. The summed E-state index contributed by atoms with van der Waals surface area (Å²) in [5, 5.41) is 0.587. The smallest absolute Gasteiger partial charge is 0.329 e. The van der Waals surface area contributed by atoms with E-state index in [2.05, 4.69) is 0 Å². The number of nitrogens with zero attached hydrogens (tertiary/aromatic N) is 1. The fourth-order valence-electron chi connectivity index (χ4n) is 2.33. The van der Waals surface area contributed by atoms with Crippen molar-refractivity contribution in [3.63, 3.8) is 0 Å². The Balaban J connectivity index is 1.84. The van der Waals surface area contributed by atoms with Crippen molar-refractivity contribution < 1.29 is 14.3 Å². The van der Waals surface area contributed by atoms with Crippen molar-refractivity contribution in [2.24, 2.45) is 0 Å². The molecule has 2 aliphatic heterocycles. The van der Waals surface area contributed by atoms with Gasteiger partial charge in [0.1, 0.15) is 12.1 Å². The Hall–Kier alpha value is -1.55. The van der Waals surface area contributed by atoms with Crippen molar-refractivity contribution in [3.8, 4) is 0 Å². The van der Waals surface area contributed by atoms with Gasteiger partial charge in [0, 0.05) is 17.0 Å². The number of morpholine rings is 1. The number of hydrogen-bond acceptors (Lipinski definition) is 3. The van der Waals surface area contributed by atoms with Crippen LogP contribution in [0.15, 0.2) is 24.3 Å². The summed E-state index contributed by atoms with van der Waals surface area (Å²) in [7, 11) is 0. The number of benzene rings is 1. The van der Waals surface area contributed by atoms with Gasteiger partial charge in [-0.1, -0.05) is 11.6 Å². The maximum atomic E-state index is 12.2. The van der Waals surface area contributed by atoms with Gasteiger partial charge in [0.15, 0.2) is 0 Å². The number of halogens is 1. The summed E-state index contributed by atoms with van der Waals surface area (Å²) >= 11 is 5.76. The molecule has 0 N–H and O–H groups in total. The fourth-order valence-corrected chi connectivity index (χ4v) is 2.46. The minimum atomic E-state index is -0.400. The maximum absolute atomic E-state index is 12.2. The SMILES string of the molecule is O=C1O[C@@H]2C[C@@H]1N(C(=O)c1ccc(Cl)cc1)C2. The largest absolute Gasteiger partial charge is 0.459 e. The normalized spacial score (nSPS) is 26.2. The molecule has 0 aliphatic carbocycles. The first-order valence-electron chi connectivity index (χ1n) is 5.42. The molecule has 4 nitrogen and oxygen atoms in total. The minimum absolute atomic E-state index is 0.122. The van der Waals surface area contributed by atoms with Crippen molar-refractivity contribution in [1.29, 1.82) is 0 Å². The predicted octanol–water partition coefficient (Wildman–Crippen LogP) is 1.48. The van der Waals surface area contributed by atoms with Crippen molar-refractivity contribution in [3.05, 3.63) is 34.9 Å². The first-order valence-corrected chi connectivity index (χ1v) is 5.80. The van der Waals surface area contributed by atoms with Crippen LogP contribution in [0.5, 0.6) is 0 Å². The van der Waals surface area contributed by atoms with Gasteiger partial charge in [-0.2, -0.15) is 0 Å². The standard InChI is InChI=1S/C12H10ClNO3/c13-8-3-1-7(2-4-8)11(15)14-6-9-5-10(14)12(16)17-9/h1-4,9-10H,5-6H2/t9-,10+/m1/s1. The topological polar surface area (TPSA) is 46.6 Å². The molecule has 2 aliphatic rings. The van der Waals surface area contributed by atoms with Crippen LogP contribution in [0.2, 0.25) is 5.02 Å². The van der Waals surface area contributed by atoms with Crippen LogP contribution in [-0.2, 0) is 9.53 Å². The summed E-state index contributed by atoms with van der Waals surface area (Å²) in [6.45, 7) is 0.498. The molecule has 0 aromatic heterocycles. The lowest BCUT2D eigenvalue weighted by Crippen LogP contribution is -2.44. The first kappa shape index (κ1) is 10.6. The summed E-state index contributed by atoms with van der Waals surface area (Å²) < 4.78 is 5.04. The van der Waals surface area contributed by atoms with Crippen molar-refractivity contribution in [2.75, 3.05) is 6.54 Å². The molecule has 0 unspecified atom stereocenters. The Labute approximate surface area is 103 Å². The lowest BCUT2D eigenvalue weighted by atomic mass is 10.2. The second kappa shape index (κ2) is 3.74. The average molecular weight is 252 g/mol. The van der Waals surface area contributed by atoms with Gasteiger partial charge < -0.3 is 9.64 Å². The molecule has 5 heteroatoms. The Kier molecular flexibility index (Phi) is 2.33. The van der Waals surface area contributed by atoms with E-state index in [0.29, 0.717) is 23.6 Å². The number of amides is 1. The third-order valence-electron chi connectivity index (χ3n) is 3.17. The summed E-state index contributed by atoms with van der Waals surface area (Å²) in [5.41, 5.74) is 0.551. The van der Waals surface area contributed by atoms with E-state index in [-0.39, 0.29) is 18.0 Å². The average Bonchev–Trinajstić information content (AvgIpc) is 2.87. The van der Waals surface area contributed by atoms with E-state index in [1.807, 2.05) is 0 Å². The van der Waals surface area contributed by atoms with Gasteiger partial charge in [0.2, 0.25) is 0 Å². The number of fused-ring (bicyclic) bond motifs is 2. The number of likely N-dealkylation sites (tertiary alicyclic amines) is 1. The highest BCUT2D eigenvalue weighted by Gasteiger charge is 2.48. The quantitative estimate of drug-likeness (QED) is 0.711. The van der Waals surface area contributed by atoms with Crippen LogP contribution in [0.25, 0.3) is 0 Å². The molecular weight excluding hydrogens is 242 g/mol. The highest BCUT2D eigenvalue weighted by atomic mass is 35.5. The zero-order chi connectivity index (χ0) is 12.0. The molecule has 1 aromatic rings. The summed E-state index contributed by atoms with van der Waals surface area (Å²) in [6.07, 6.45) is 0.502. The zero-order valence-electron chi connectivity index (χ0n) is 8.93. The summed E-state index contributed by atoms with van der Waals surface area (Å²) in [6, 6.07) is 6.27. The molecule has 2 fully saturated rings. The van der Waals surface area contributed by atoms with Crippen LogP contribution in [0.3, 0.4) is 0 Å². The Morgan fingerprint density at radius 1 is 1.35 bits per heavy atom. The minimum Gasteiger partial charge on any atom is -0.459 e. The number of rotatable bonds is 1. The van der Waals surface area contributed by atoms with E-state index in [1.54, 1.807) is 29.2 Å². The molecule has 1 amide bonds. The van der Waals surface area contributed by atoms with E-state index in [0.717, 1.165) is 0 Å². The Bertz CT molecular complexity index is 485. The summed E-state index contributed by atoms with van der Waals surface area (Å²) in [4.78, 5) is 25.2. The molecule has 3 rings (SSSR count). The highest BCUT2D eigenvalue weighted by Crippen LogP contribution is 2.30. The molecule has 17 heavy (non-hydrogen) atoms. The third kappa shape index (κ3) is 1.69. The van der Waals surface area contributed by atoms with Gasteiger partial charge in [-0.25, -0.2) is 4.79 Å².